The Balaban J connectivity index is 2.17. The van der Waals surface area contributed by atoms with Crippen LogP contribution in [0.2, 0.25) is 5.02 Å². The minimum absolute atomic E-state index is 0.0378. The molecule has 2 heterocycles. The van der Waals surface area contributed by atoms with Crippen LogP contribution in [0.5, 0.6) is 0 Å². The molecule has 0 saturated carbocycles. The van der Waals surface area contributed by atoms with Crippen LogP contribution in [-0.2, 0) is 0 Å². The van der Waals surface area contributed by atoms with Gasteiger partial charge in [0.2, 0.25) is 0 Å². The summed E-state index contributed by atoms with van der Waals surface area (Å²) in [6.45, 7) is 2.08. The second-order valence-electron chi connectivity index (χ2n) is 5.50. The molecule has 1 atom stereocenters. The molecule has 3 aromatic rings. The number of rotatable bonds is 5. The van der Waals surface area contributed by atoms with Gasteiger partial charge in [-0.05, 0) is 17.9 Å². The van der Waals surface area contributed by atoms with Crippen LogP contribution in [0.4, 0.5) is 5.82 Å². The minimum Gasteiger partial charge on any atom is -0.394 e. The van der Waals surface area contributed by atoms with Crippen molar-refractivity contribution in [3.8, 4) is 11.3 Å². The minimum atomic E-state index is -0.0378. The van der Waals surface area contributed by atoms with Crippen molar-refractivity contribution in [3.63, 3.8) is 0 Å². The van der Waals surface area contributed by atoms with E-state index in [1.54, 1.807) is 10.7 Å². The monoisotopic (exact) mass is 328 g/mol. The molecule has 5 nitrogen and oxygen atoms in total. The summed E-state index contributed by atoms with van der Waals surface area (Å²) in [5.74, 6) is 0.791. The molecule has 0 saturated heterocycles. The van der Waals surface area contributed by atoms with Crippen molar-refractivity contribution in [2.24, 2.45) is 0 Å². The van der Waals surface area contributed by atoms with Crippen LogP contribution in [0.3, 0.4) is 0 Å². The molecule has 2 aromatic heterocycles. The van der Waals surface area contributed by atoms with Crippen LogP contribution >= 0.6 is 11.6 Å². The van der Waals surface area contributed by atoms with Crippen LogP contribution < -0.4 is 10.8 Å². The number of aliphatic hydroxyl groups excluding tert-OH is 1. The predicted octanol–water partition coefficient (Wildman–Crippen LogP) is 1.49. The van der Waals surface area contributed by atoms with Gasteiger partial charge in [-0.3, -0.25) is 0 Å². The van der Waals surface area contributed by atoms with E-state index in [9.17, 15) is 5.11 Å². The van der Waals surface area contributed by atoms with Crippen LogP contribution in [-0.4, -0.2) is 40.2 Å². The fraction of sp³-hybridized carbons (Fsp3) is 0.250. The summed E-state index contributed by atoms with van der Waals surface area (Å²) in [6, 6.07) is 9.50. The van der Waals surface area contributed by atoms with Crippen molar-refractivity contribution in [2.75, 3.05) is 11.9 Å². The fourth-order valence-electron chi connectivity index (χ4n) is 2.47. The molecule has 3 rings (SSSR count). The van der Waals surface area contributed by atoms with Crippen molar-refractivity contribution in [1.82, 2.24) is 14.6 Å². The highest BCUT2D eigenvalue weighted by Gasteiger charge is 2.14. The Kier molecular flexibility index (Phi) is 4.55. The summed E-state index contributed by atoms with van der Waals surface area (Å²) in [4.78, 5) is 4.70. The van der Waals surface area contributed by atoms with E-state index in [1.165, 1.54) is 0 Å². The maximum Gasteiger partial charge on any atom is 0.151 e. The van der Waals surface area contributed by atoms with Crippen LogP contribution in [0.25, 0.3) is 16.9 Å². The van der Waals surface area contributed by atoms with Crippen molar-refractivity contribution in [2.45, 2.75) is 19.4 Å². The second-order valence-corrected chi connectivity index (χ2v) is 5.91. The average Bonchev–Trinajstić information content (AvgIpc) is 2.94. The summed E-state index contributed by atoms with van der Waals surface area (Å²) in [5.41, 5.74) is 3.41. The Morgan fingerprint density at radius 2 is 2.17 bits per heavy atom. The van der Waals surface area contributed by atoms with E-state index in [0.717, 1.165) is 34.6 Å². The number of aromatic nitrogens is 3. The zero-order chi connectivity index (χ0) is 16.4. The van der Waals surface area contributed by atoms with E-state index >= 15 is 0 Å². The standard InChI is InChI=1S/C16H18BClN4O/c1-2-10(9-23)20-15-7-14(11-5-3-4-6-13(11)18)21-16-12(17)8-19-22(15)16/h3-8,10,20,23H,2,9,17H2,1H3/t10-/m0/s1. The number of hydrogen-bond acceptors (Lipinski definition) is 4. The number of aliphatic hydroxyl groups is 1. The van der Waals surface area contributed by atoms with Crippen molar-refractivity contribution >= 4 is 36.4 Å². The number of nitrogens with zero attached hydrogens (tertiary/aromatic N) is 3. The molecule has 23 heavy (non-hydrogen) atoms. The largest absolute Gasteiger partial charge is 0.394 e. The number of benzene rings is 1. The lowest BCUT2D eigenvalue weighted by Crippen LogP contribution is -2.24. The lowest BCUT2D eigenvalue weighted by atomic mass is 10.0. The van der Waals surface area contributed by atoms with E-state index < -0.39 is 0 Å². The molecule has 0 unspecified atom stereocenters. The summed E-state index contributed by atoms with van der Waals surface area (Å²) < 4.78 is 1.76. The Labute approximate surface area is 140 Å². The van der Waals surface area contributed by atoms with Crippen molar-refractivity contribution in [1.29, 1.82) is 0 Å². The van der Waals surface area contributed by atoms with Gasteiger partial charge in [-0.15, -0.1) is 0 Å². The molecule has 0 bridgehead atoms. The lowest BCUT2D eigenvalue weighted by molar-refractivity contribution is 0.271. The van der Waals surface area contributed by atoms with Crippen molar-refractivity contribution < 1.29 is 5.11 Å². The molecule has 0 radical (unpaired) electrons. The lowest BCUT2D eigenvalue weighted by Gasteiger charge is -2.17. The van der Waals surface area contributed by atoms with Crippen LogP contribution in [0.1, 0.15) is 13.3 Å². The van der Waals surface area contributed by atoms with Gasteiger partial charge >= 0.3 is 0 Å². The molecule has 0 aliphatic heterocycles. The molecule has 0 aliphatic carbocycles. The third kappa shape index (κ3) is 3.05. The molecule has 2 N–H and O–H groups in total. The third-order valence-corrected chi connectivity index (χ3v) is 4.19. The smallest absolute Gasteiger partial charge is 0.151 e. The summed E-state index contributed by atoms with van der Waals surface area (Å²) in [7, 11) is 1.97. The molecule has 0 spiro atoms. The number of hydrogen-bond donors (Lipinski definition) is 2. The van der Waals surface area contributed by atoms with Gasteiger partial charge in [-0.1, -0.05) is 36.7 Å². The van der Waals surface area contributed by atoms with Gasteiger partial charge in [0.25, 0.3) is 0 Å². The highest BCUT2D eigenvalue weighted by Crippen LogP contribution is 2.28. The SMILES string of the molecule is Bc1cnn2c(N[C@@H](CC)CO)cc(-c3ccccc3Cl)nc12. The van der Waals surface area contributed by atoms with Gasteiger partial charge < -0.3 is 10.4 Å². The second kappa shape index (κ2) is 6.60. The van der Waals surface area contributed by atoms with E-state index in [4.69, 9.17) is 16.6 Å². The Bertz CT molecular complexity index is 832. The fourth-order valence-corrected chi connectivity index (χ4v) is 2.70. The van der Waals surface area contributed by atoms with Gasteiger partial charge in [0, 0.05) is 22.8 Å². The Hall–Kier alpha value is -2.05. The first-order chi connectivity index (χ1) is 11.1. The maximum absolute atomic E-state index is 9.47. The van der Waals surface area contributed by atoms with Gasteiger partial charge in [0.1, 0.15) is 13.7 Å². The van der Waals surface area contributed by atoms with E-state index in [2.05, 4.69) is 10.4 Å². The first kappa shape index (κ1) is 15.8. The Morgan fingerprint density at radius 1 is 1.39 bits per heavy atom. The number of anilines is 1. The van der Waals surface area contributed by atoms with Gasteiger partial charge in [-0.2, -0.15) is 9.61 Å². The zero-order valence-corrected chi connectivity index (χ0v) is 13.9. The highest BCUT2D eigenvalue weighted by molar-refractivity contribution is 6.36. The van der Waals surface area contributed by atoms with Crippen LogP contribution in [0.15, 0.2) is 36.5 Å². The topological polar surface area (TPSA) is 62.5 Å². The van der Waals surface area contributed by atoms with Gasteiger partial charge in [-0.25, -0.2) is 4.98 Å². The maximum atomic E-state index is 9.47. The number of nitrogens with one attached hydrogen (secondary N) is 1. The summed E-state index contributed by atoms with van der Waals surface area (Å²) >= 11 is 6.31. The molecular formula is C16H18BClN4O. The quantitative estimate of drug-likeness (QED) is 0.697. The first-order valence-electron chi connectivity index (χ1n) is 7.61. The first-order valence-corrected chi connectivity index (χ1v) is 7.99. The number of fused-ring (bicyclic) bond motifs is 1. The average molecular weight is 329 g/mol. The van der Waals surface area contributed by atoms with Gasteiger partial charge in [0.05, 0.1) is 18.3 Å². The molecule has 0 fully saturated rings. The van der Waals surface area contributed by atoms with E-state index in [-0.39, 0.29) is 12.6 Å². The van der Waals surface area contributed by atoms with Crippen LogP contribution in [0, 0.1) is 0 Å². The van der Waals surface area contributed by atoms with E-state index in [1.807, 2.05) is 45.1 Å². The van der Waals surface area contributed by atoms with E-state index in [0.29, 0.717) is 5.02 Å². The third-order valence-electron chi connectivity index (χ3n) is 3.86. The molecule has 1 aromatic carbocycles. The van der Waals surface area contributed by atoms with Gasteiger partial charge in [0.15, 0.2) is 5.65 Å². The normalized spacial score (nSPS) is 12.5. The molecule has 118 valence electrons. The summed E-state index contributed by atoms with van der Waals surface area (Å²) in [5, 5.41) is 17.8. The summed E-state index contributed by atoms with van der Waals surface area (Å²) in [6.07, 6.45) is 2.59. The molecule has 7 heteroatoms. The highest BCUT2D eigenvalue weighted by atomic mass is 35.5. The molecular weight excluding hydrogens is 310 g/mol. The Morgan fingerprint density at radius 3 is 2.87 bits per heavy atom. The molecule has 0 amide bonds. The zero-order valence-electron chi connectivity index (χ0n) is 13.1. The number of halogens is 1. The molecule has 0 aliphatic rings. The predicted molar refractivity (Wildman–Crippen MR) is 96.4 cm³/mol. The van der Waals surface area contributed by atoms with Crippen molar-refractivity contribution in [3.05, 3.63) is 41.6 Å².